The summed E-state index contributed by atoms with van der Waals surface area (Å²) in [4.78, 5) is 41.2. The second kappa shape index (κ2) is 8.91. The Labute approximate surface area is 194 Å². The van der Waals surface area contributed by atoms with Crippen LogP contribution in [0.5, 0.6) is 0 Å². The zero-order valence-corrected chi connectivity index (χ0v) is 18.9. The number of amides is 1. The fourth-order valence-corrected chi connectivity index (χ4v) is 4.54. The normalized spacial score (nSPS) is 15.8. The molecular formula is C25H22N2O5S. The summed E-state index contributed by atoms with van der Waals surface area (Å²) in [6.07, 6.45) is -0.144. The van der Waals surface area contributed by atoms with Gasteiger partial charge in [0.2, 0.25) is 5.78 Å². The number of aliphatic hydroxyl groups excluding tert-OH is 1. The second-order valence-electron chi connectivity index (χ2n) is 7.87. The van der Waals surface area contributed by atoms with Gasteiger partial charge in [-0.2, -0.15) is 0 Å². The zero-order chi connectivity index (χ0) is 23.7. The van der Waals surface area contributed by atoms with E-state index in [4.69, 9.17) is 5.11 Å². The molecule has 0 spiro atoms. The maximum Gasteiger partial charge on any atom is 0.307 e. The average Bonchev–Trinajstić information content (AvgIpc) is 3.41. The van der Waals surface area contributed by atoms with Crippen molar-refractivity contribution >= 4 is 40.4 Å². The molecule has 3 aromatic rings. The summed E-state index contributed by atoms with van der Waals surface area (Å²) in [5, 5.41) is 21.6. The molecule has 168 valence electrons. The van der Waals surface area contributed by atoms with Gasteiger partial charge in [-0.3, -0.25) is 19.3 Å². The number of carboxylic acids is 1. The number of rotatable bonds is 7. The van der Waals surface area contributed by atoms with Gasteiger partial charge in [-0.25, -0.2) is 0 Å². The minimum atomic E-state index is -0.956. The molecule has 1 aliphatic heterocycles. The number of carbonyl (C=O) groups excluding carboxylic acids is 2. The monoisotopic (exact) mass is 462 g/mol. The van der Waals surface area contributed by atoms with E-state index in [2.05, 4.69) is 0 Å². The first-order chi connectivity index (χ1) is 15.8. The molecule has 0 saturated carbocycles. The van der Waals surface area contributed by atoms with Crippen molar-refractivity contribution in [2.24, 2.45) is 0 Å². The van der Waals surface area contributed by atoms with E-state index in [0.29, 0.717) is 21.7 Å². The maximum absolute atomic E-state index is 13.3. The van der Waals surface area contributed by atoms with Gasteiger partial charge in [0.25, 0.3) is 5.91 Å². The molecule has 2 N–H and O–H groups in total. The first-order valence-corrected chi connectivity index (χ1v) is 11.1. The predicted molar refractivity (Wildman–Crippen MR) is 127 cm³/mol. The van der Waals surface area contributed by atoms with Crippen LogP contribution in [0.25, 0.3) is 0 Å². The van der Waals surface area contributed by atoms with Crippen LogP contribution in [0, 0.1) is 0 Å². The number of carboxylic acid groups (broad SMARTS) is 1. The van der Waals surface area contributed by atoms with Crippen molar-refractivity contribution in [2.75, 3.05) is 23.9 Å². The van der Waals surface area contributed by atoms with Crippen molar-refractivity contribution in [3.63, 3.8) is 0 Å². The summed E-state index contributed by atoms with van der Waals surface area (Å²) in [5.74, 6) is -2.61. The number of hydrogen-bond acceptors (Lipinski definition) is 6. The second-order valence-corrected chi connectivity index (χ2v) is 8.82. The van der Waals surface area contributed by atoms with Crippen molar-refractivity contribution in [3.8, 4) is 0 Å². The van der Waals surface area contributed by atoms with Crippen LogP contribution in [0.1, 0.15) is 26.8 Å². The highest BCUT2D eigenvalue weighted by atomic mass is 32.1. The molecule has 1 atom stereocenters. The van der Waals surface area contributed by atoms with E-state index < -0.39 is 29.5 Å². The number of aliphatic carboxylic acids is 1. The van der Waals surface area contributed by atoms with E-state index in [1.54, 1.807) is 41.8 Å². The Morgan fingerprint density at radius 1 is 1.03 bits per heavy atom. The Kier molecular flexibility index (Phi) is 6.02. The lowest BCUT2D eigenvalue weighted by Gasteiger charge is -2.27. The van der Waals surface area contributed by atoms with Gasteiger partial charge in [-0.1, -0.05) is 30.3 Å². The third kappa shape index (κ3) is 4.25. The molecule has 0 aliphatic carbocycles. The van der Waals surface area contributed by atoms with Crippen molar-refractivity contribution in [1.82, 2.24) is 0 Å². The molecule has 0 saturated heterocycles. The molecule has 1 aromatic heterocycles. The first-order valence-electron chi connectivity index (χ1n) is 10.2. The standard InChI is InChI=1S/C25H22N2O5S/c1-26(2)17-11-7-16(8-12-17)22-21(23(30)19-4-3-13-33-19)24(31)25(32)27(22)18-9-5-15(6-10-18)14-20(28)29/h3-13,22,31H,14H2,1-2H3,(H,28,29). The van der Waals surface area contributed by atoms with Gasteiger partial charge in [-0.05, 0) is 46.8 Å². The Hall–Kier alpha value is -3.91. The summed E-state index contributed by atoms with van der Waals surface area (Å²) in [7, 11) is 3.83. The third-order valence-electron chi connectivity index (χ3n) is 5.49. The van der Waals surface area contributed by atoms with E-state index in [1.807, 2.05) is 43.3 Å². The fraction of sp³-hybridized carbons (Fsp3) is 0.160. The first kappa shape index (κ1) is 22.3. The van der Waals surface area contributed by atoms with Gasteiger partial charge in [0.05, 0.1) is 22.9 Å². The largest absolute Gasteiger partial charge is 0.503 e. The lowest BCUT2D eigenvalue weighted by atomic mass is 9.95. The molecule has 1 unspecified atom stereocenters. The quantitative estimate of drug-likeness (QED) is 0.510. The number of hydrogen-bond donors (Lipinski definition) is 2. The molecule has 0 radical (unpaired) electrons. The summed E-state index contributed by atoms with van der Waals surface area (Å²) in [5.41, 5.74) is 2.68. The van der Waals surface area contributed by atoms with E-state index in [0.717, 1.165) is 5.69 Å². The summed E-state index contributed by atoms with van der Waals surface area (Å²) in [6.45, 7) is 0. The van der Waals surface area contributed by atoms with Crippen molar-refractivity contribution in [3.05, 3.63) is 93.4 Å². The number of anilines is 2. The van der Waals surface area contributed by atoms with Crippen molar-refractivity contribution in [2.45, 2.75) is 12.5 Å². The Morgan fingerprint density at radius 2 is 1.70 bits per heavy atom. The van der Waals surface area contributed by atoms with Crippen LogP contribution >= 0.6 is 11.3 Å². The number of aliphatic hydroxyl groups is 1. The molecule has 8 heteroatoms. The SMILES string of the molecule is CN(C)c1ccc(C2C(C(=O)c3cccs3)=C(O)C(=O)N2c2ccc(CC(=O)O)cc2)cc1. The molecule has 1 amide bonds. The molecule has 2 aromatic carbocycles. The van der Waals surface area contributed by atoms with Crippen molar-refractivity contribution in [1.29, 1.82) is 0 Å². The number of carbonyl (C=O) groups is 3. The lowest BCUT2D eigenvalue weighted by molar-refractivity contribution is -0.136. The number of Topliss-reactive ketones (excluding diaryl/α,β-unsaturated/α-hetero) is 1. The van der Waals surface area contributed by atoms with E-state index in [1.165, 1.54) is 16.2 Å². The van der Waals surface area contributed by atoms with E-state index in [-0.39, 0.29) is 12.0 Å². The van der Waals surface area contributed by atoms with E-state index in [9.17, 15) is 19.5 Å². The molecule has 1 aliphatic rings. The van der Waals surface area contributed by atoms with Crippen LogP contribution in [0.4, 0.5) is 11.4 Å². The van der Waals surface area contributed by atoms with Gasteiger partial charge in [0.15, 0.2) is 5.76 Å². The maximum atomic E-state index is 13.3. The smallest absolute Gasteiger partial charge is 0.307 e. The average molecular weight is 463 g/mol. The van der Waals surface area contributed by atoms with E-state index >= 15 is 0 Å². The minimum Gasteiger partial charge on any atom is -0.503 e. The number of benzene rings is 2. The van der Waals surface area contributed by atoms with Gasteiger partial charge >= 0.3 is 5.97 Å². The summed E-state index contributed by atoms with van der Waals surface area (Å²) >= 11 is 1.24. The highest BCUT2D eigenvalue weighted by Crippen LogP contribution is 2.42. The van der Waals surface area contributed by atoms with Crippen LogP contribution in [-0.4, -0.2) is 42.0 Å². The Balaban J connectivity index is 1.80. The summed E-state index contributed by atoms with van der Waals surface area (Å²) in [6, 6.07) is 16.5. The molecule has 7 nitrogen and oxygen atoms in total. The number of ketones is 1. The van der Waals surface area contributed by atoms with Crippen LogP contribution in [0.3, 0.4) is 0 Å². The molecule has 0 bridgehead atoms. The van der Waals surface area contributed by atoms with Gasteiger partial charge in [0, 0.05) is 25.5 Å². The van der Waals surface area contributed by atoms with Gasteiger partial charge < -0.3 is 15.1 Å². The van der Waals surface area contributed by atoms with Gasteiger partial charge in [0.1, 0.15) is 0 Å². The predicted octanol–water partition coefficient (Wildman–Crippen LogP) is 4.22. The number of thiophene rings is 1. The summed E-state index contributed by atoms with van der Waals surface area (Å²) < 4.78 is 0. The molecular weight excluding hydrogens is 440 g/mol. The molecule has 0 fully saturated rings. The molecule has 4 rings (SSSR count). The highest BCUT2D eigenvalue weighted by Gasteiger charge is 2.44. The third-order valence-corrected chi connectivity index (χ3v) is 6.36. The highest BCUT2D eigenvalue weighted by molar-refractivity contribution is 7.12. The minimum absolute atomic E-state index is 0.0228. The van der Waals surface area contributed by atoms with Crippen LogP contribution in [-0.2, 0) is 16.0 Å². The Morgan fingerprint density at radius 3 is 2.24 bits per heavy atom. The molecule has 33 heavy (non-hydrogen) atoms. The lowest BCUT2D eigenvalue weighted by Crippen LogP contribution is -2.31. The topological polar surface area (TPSA) is 98.2 Å². The molecule has 2 heterocycles. The fourth-order valence-electron chi connectivity index (χ4n) is 3.86. The van der Waals surface area contributed by atoms with Crippen LogP contribution < -0.4 is 9.80 Å². The van der Waals surface area contributed by atoms with Crippen LogP contribution in [0.15, 0.2) is 77.4 Å². The van der Waals surface area contributed by atoms with Crippen molar-refractivity contribution < 1.29 is 24.6 Å². The van der Waals surface area contributed by atoms with Gasteiger partial charge in [-0.15, -0.1) is 11.3 Å². The Bertz CT molecular complexity index is 1230. The number of nitrogens with zero attached hydrogens (tertiary/aromatic N) is 2. The zero-order valence-electron chi connectivity index (χ0n) is 18.1. The van der Waals surface area contributed by atoms with Crippen LogP contribution in [0.2, 0.25) is 0 Å².